The lowest BCUT2D eigenvalue weighted by molar-refractivity contribution is 0.0988. The van der Waals surface area contributed by atoms with Gasteiger partial charge in [0, 0.05) is 20.5 Å². The molecular weight excluding hydrogens is 280 g/mol. The number of para-hydroxylation sites is 2. The Labute approximate surface area is 128 Å². The number of hydrogen-bond acceptors (Lipinski definition) is 4. The number of hydrogen-bond donors (Lipinski definition) is 0. The molecule has 0 aliphatic heterocycles. The van der Waals surface area contributed by atoms with E-state index in [1.807, 2.05) is 42.8 Å². The van der Waals surface area contributed by atoms with Gasteiger partial charge in [0.05, 0.1) is 16.7 Å². The summed E-state index contributed by atoms with van der Waals surface area (Å²) in [6.45, 7) is 3.71. The van der Waals surface area contributed by atoms with Crippen LogP contribution in [-0.2, 0) is 13.5 Å². The molecule has 0 saturated carbocycles. The topological polar surface area (TPSA) is 64.2 Å². The molecular formula is C16H18N4O2. The first kappa shape index (κ1) is 14.3. The molecule has 0 aliphatic carbocycles. The van der Waals surface area contributed by atoms with Crippen molar-refractivity contribution in [2.75, 3.05) is 11.9 Å². The smallest absolute Gasteiger partial charge is 0.265 e. The molecule has 6 nitrogen and oxygen atoms in total. The van der Waals surface area contributed by atoms with Crippen LogP contribution in [0.4, 0.5) is 5.95 Å². The number of aromatic nitrogens is 3. The fraction of sp³-hybridized carbons (Fsp3) is 0.312. The molecule has 114 valence electrons. The Hall–Kier alpha value is -2.63. The number of nitrogens with zero attached hydrogens (tertiary/aromatic N) is 4. The summed E-state index contributed by atoms with van der Waals surface area (Å²) >= 11 is 0. The van der Waals surface area contributed by atoms with Crippen molar-refractivity contribution in [3.63, 3.8) is 0 Å². The maximum atomic E-state index is 12.8. The van der Waals surface area contributed by atoms with Gasteiger partial charge in [-0.2, -0.15) is 0 Å². The lowest BCUT2D eigenvalue weighted by Gasteiger charge is -2.16. The van der Waals surface area contributed by atoms with E-state index in [1.54, 1.807) is 18.9 Å². The number of rotatable bonds is 3. The van der Waals surface area contributed by atoms with E-state index in [-0.39, 0.29) is 5.91 Å². The first-order valence-electron chi connectivity index (χ1n) is 7.19. The van der Waals surface area contributed by atoms with E-state index in [9.17, 15) is 4.79 Å². The highest BCUT2D eigenvalue weighted by Crippen LogP contribution is 2.23. The second kappa shape index (κ2) is 5.29. The van der Waals surface area contributed by atoms with Crippen LogP contribution in [0.1, 0.15) is 28.7 Å². The minimum absolute atomic E-state index is 0.158. The summed E-state index contributed by atoms with van der Waals surface area (Å²) < 4.78 is 7.12. The average molecular weight is 298 g/mol. The van der Waals surface area contributed by atoms with E-state index < -0.39 is 0 Å². The molecule has 0 N–H and O–H groups in total. The quantitative estimate of drug-likeness (QED) is 0.746. The van der Waals surface area contributed by atoms with Gasteiger partial charge in [0.1, 0.15) is 11.3 Å². The van der Waals surface area contributed by atoms with Crippen molar-refractivity contribution in [3.05, 3.63) is 41.3 Å². The lowest BCUT2D eigenvalue weighted by atomic mass is 10.1. The predicted molar refractivity (Wildman–Crippen MR) is 84.1 cm³/mol. The van der Waals surface area contributed by atoms with Crippen molar-refractivity contribution in [1.29, 1.82) is 0 Å². The number of imidazole rings is 1. The second-order valence-electron chi connectivity index (χ2n) is 5.24. The molecule has 2 aromatic heterocycles. The number of carbonyl (C=O) groups is 1. The molecule has 3 rings (SSSR count). The van der Waals surface area contributed by atoms with Crippen LogP contribution in [0, 0.1) is 6.92 Å². The Morgan fingerprint density at radius 1 is 1.36 bits per heavy atom. The number of carbonyl (C=O) groups excluding carboxylic acids is 1. The average Bonchev–Trinajstić information content (AvgIpc) is 3.07. The molecule has 0 atom stereocenters. The fourth-order valence-corrected chi connectivity index (χ4v) is 2.62. The molecule has 0 fully saturated rings. The van der Waals surface area contributed by atoms with Crippen molar-refractivity contribution < 1.29 is 9.32 Å². The van der Waals surface area contributed by atoms with Crippen molar-refractivity contribution in [2.45, 2.75) is 20.3 Å². The Morgan fingerprint density at radius 3 is 2.77 bits per heavy atom. The normalized spacial score (nSPS) is 11.1. The van der Waals surface area contributed by atoms with Gasteiger partial charge in [-0.1, -0.05) is 24.2 Å². The molecule has 0 saturated heterocycles. The molecule has 6 heteroatoms. The standard InChI is InChI=1S/C16H18N4O2/c1-5-13-14(10(2)18-22-13)15(21)20(4)16-17-11-8-6-7-9-12(11)19(16)3/h6-9H,5H2,1-4H3. The Morgan fingerprint density at radius 2 is 2.09 bits per heavy atom. The van der Waals surface area contributed by atoms with E-state index in [1.165, 1.54) is 0 Å². The van der Waals surface area contributed by atoms with Gasteiger partial charge >= 0.3 is 0 Å². The van der Waals surface area contributed by atoms with Gasteiger partial charge in [0.25, 0.3) is 5.91 Å². The maximum absolute atomic E-state index is 12.8. The summed E-state index contributed by atoms with van der Waals surface area (Å²) in [5, 5.41) is 3.90. The van der Waals surface area contributed by atoms with Gasteiger partial charge in [-0.25, -0.2) is 4.98 Å². The predicted octanol–water partition coefficient (Wildman–Crippen LogP) is 2.71. The third-order valence-electron chi connectivity index (χ3n) is 3.84. The third kappa shape index (κ3) is 2.07. The zero-order valence-corrected chi connectivity index (χ0v) is 13.1. The summed E-state index contributed by atoms with van der Waals surface area (Å²) in [5.41, 5.74) is 2.97. The van der Waals surface area contributed by atoms with Gasteiger partial charge in [-0.05, 0) is 19.1 Å². The highest BCUT2D eigenvalue weighted by Gasteiger charge is 2.25. The first-order valence-corrected chi connectivity index (χ1v) is 7.19. The number of benzene rings is 1. The molecule has 1 aromatic carbocycles. The zero-order valence-electron chi connectivity index (χ0n) is 13.1. The van der Waals surface area contributed by atoms with Crippen LogP contribution in [0.5, 0.6) is 0 Å². The minimum Gasteiger partial charge on any atom is -0.360 e. The van der Waals surface area contributed by atoms with Gasteiger partial charge in [-0.3, -0.25) is 9.69 Å². The van der Waals surface area contributed by atoms with Crippen LogP contribution >= 0.6 is 0 Å². The summed E-state index contributed by atoms with van der Waals surface area (Å²) in [6, 6.07) is 7.79. The fourth-order valence-electron chi connectivity index (χ4n) is 2.62. The Bertz CT molecular complexity index is 847. The highest BCUT2D eigenvalue weighted by molar-refractivity contribution is 6.06. The molecule has 0 spiro atoms. The molecule has 0 bridgehead atoms. The number of amides is 1. The molecule has 2 heterocycles. The van der Waals surface area contributed by atoms with E-state index >= 15 is 0 Å². The van der Waals surface area contributed by atoms with Crippen molar-refractivity contribution in [3.8, 4) is 0 Å². The van der Waals surface area contributed by atoms with E-state index in [0.717, 1.165) is 11.0 Å². The van der Waals surface area contributed by atoms with Crippen LogP contribution < -0.4 is 4.90 Å². The Kier molecular flexibility index (Phi) is 3.44. The molecule has 0 unspecified atom stereocenters. The Balaban J connectivity index is 2.05. The number of anilines is 1. The molecule has 22 heavy (non-hydrogen) atoms. The van der Waals surface area contributed by atoms with Crippen molar-refractivity contribution in [1.82, 2.24) is 14.7 Å². The SMILES string of the molecule is CCc1onc(C)c1C(=O)N(C)c1nc2ccccc2n1C. The van der Waals surface area contributed by atoms with Crippen LogP contribution in [0.25, 0.3) is 11.0 Å². The molecule has 0 radical (unpaired) electrons. The second-order valence-corrected chi connectivity index (χ2v) is 5.24. The van der Waals surface area contributed by atoms with Crippen LogP contribution in [0.2, 0.25) is 0 Å². The highest BCUT2D eigenvalue weighted by atomic mass is 16.5. The van der Waals surface area contributed by atoms with Gasteiger partial charge < -0.3 is 9.09 Å². The minimum atomic E-state index is -0.158. The molecule has 0 aliphatic rings. The van der Waals surface area contributed by atoms with Gasteiger partial charge in [0.15, 0.2) is 0 Å². The largest absolute Gasteiger partial charge is 0.360 e. The lowest BCUT2D eigenvalue weighted by Crippen LogP contribution is -2.29. The van der Waals surface area contributed by atoms with Gasteiger partial charge in [-0.15, -0.1) is 0 Å². The zero-order chi connectivity index (χ0) is 15.9. The summed E-state index contributed by atoms with van der Waals surface area (Å²) in [5.74, 6) is 1.04. The molecule has 1 amide bonds. The summed E-state index contributed by atoms with van der Waals surface area (Å²) in [7, 11) is 3.62. The van der Waals surface area contributed by atoms with Crippen LogP contribution in [0.3, 0.4) is 0 Å². The molecule has 3 aromatic rings. The maximum Gasteiger partial charge on any atom is 0.265 e. The van der Waals surface area contributed by atoms with E-state index in [2.05, 4.69) is 10.1 Å². The third-order valence-corrected chi connectivity index (χ3v) is 3.84. The van der Waals surface area contributed by atoms with Crippen molar-refractivity contribution >= 4 is 22.9 Å². The monoisotopic (exact) mass is 298 g/mol. The summed E-state index contributed by atoms with van der Waals surface area (Å²) in [4.78, 5) is 18.9. The van der Waals surface area contributed by atoms with Crippen molar-refractivity contribution in [2.24, 2.45) is 7.05 Å². The number of fused-ring (bicyclic) bond motifs is 1. The van der Waals surface area contributed by atoms with Gasteiger partial charge in [0.2, 0.25) is 5.95 Å². The summed E-state index contributed by atoms with van der Waals surface area (Å²) in [6.07, 6.45) is 0.623. The van der Waals surface area contributed by atoms with Crippen LogP contribution in [-0.4, -0.2) is 27.7 Å². The number of aryl methyl sites for hydroxylation is 3. The van der Waals surface area contributed by atoms with Crippen LogP contribution in [0.15, 0.2) is 28.8 Å². The van der Waals surface area contributed by atoms with E-state index in [0.29, 0.717) is 29.4 Å². The van der Waals surface area contributed by atoms with E-state index in [4.69, 9.17) is 4.52 Å². The first-order chi connectivity index (χ1) is 10.5.